The number of anilines is 3. The van der Waals surface area contributed by atoms with E-state index in [0.717, 1.165) is 16.9 Å². The molecule has 0 aliphatic heterocycles. The lowest BCUT2D eigenvalue weighted by atomic mass is 10.1. The van der Waals surface area contributed by atoms with Gasteiger partial charge in [0.2, 0.25) is 0 Å². The molecule has 4 nitrogen and oxygen atoms in total. The smallest absolute Gasteiger partial charge is 0.338 e. The summed E-state index contributed by atoms with van der Waals surface area (Å²) in [6.45, 7) is 5.66. The van der Waals surface area contributed by atoms with Gasteiger partial charge in [-0.1, -0.05) is 12.1 Å². The van der Waals surface area contributed by atoms with Crippen molar-refractivity contribution in [3.63, 3.8) is 0 Å². The maximum atomic E-state index is 11.8. The van der Waals surface area contributed by atoms with Gasteiger partial charge in [-0.15, -0.1) is 0 Å². The molecule has 0 saturated heterocycles. The van der Waals surface area contributed by atoms with E-state index in [1.807, 2.05) is 45.0 Å². The van der Waals surface area contributed by atoms with E-state index in [9.17, 15) is 4.79 Å². The average molecular weight is 284 g/mol. The van der Waals surface area contributed by atoms with Crippen molar-refractivity contribution in [2.75, 3.05) is 11.1 Å². The first kappa shape index (κ1) is 14.9. The van der Waals surface area contributed by atoms with Crippen LogP contribution in [0.4, 0.5) is 17.1 Å². The van der Waals surface area contributed by atoms with Crippen molar-refractivity contribution >= 4 is 23.0 Å². The third kappa shape index (κ3) is 3.99. The highest BCUT2D eigenvalue weighted by molar-refractivity contribution is 5.92. The van der Waals surface area contributed by atoms with E-state index in [2.05, 4.69) is 5.32 Å². The Balaban J connectivity index is 2.18. The van der Waals surface area contributed by atoms with Crippen molar-refractivity contribution in [1.29, 1.82) is 0 Å². The van der Waals surface area contributed by atoms with Crippen molar-refractivity contribution in [3.05, 3.63) is 53.6 Å². The van der Waals surface area contributed by atoms with Gasteiger partial charge < -0.3 is 15.8 Å². The number of carbonyl (C=O) groups excluding carboxylic acids is 1. The van der Waals surface area contributed by atoms with Crippen LogP contribution in [0.25, 0.3) is 0 Å². The second-order valence-corrected chi connectivity index (χ2v) is 5.25. The number of aryl methyl sites for hydroxylation is 1. The van der Waals surface area contributed by atoms with E-state index in [1.54, 1.807) is 18.2 Å². The Hall–Kier alpha value is -2.49. The Labute approximate surface area is 124 Å². The van der Waals surface area contributed by atoms with Gasteiger partial charge in [0.05, 0.1) is 23.0 Å². The largest absolute Gasteiger partial charge is 0.459 e. The second kappa shape index (κ2) is 6.31. The van der Waals surface area contributed by atoms with Crippen LogP contribution in [-0.4, -0.2) is 12.1 Å². The molecule has 0 fully saturated rings. The van der Waals surface area contributed by atoms with E-state index in [0.29, 0.717) is 11.3 Å². The normalized spacial score (nSPS) is 10.5. The molecular weight excluding hydrogens is 264 g/mol. The molecule has 2 aromatic rings. The summed E-state index contributed by atoms with van der Waals surface area (Å²) in [5.74, 6) is -0.362. The van der Waals surface area contributed by atoms with Crippen LogP contribution in [0.3, 0.4) is 0 Å². The standard InChI is InChI=1S/C17H20N2O2/c1-11(2)21-17(20)13-7-8-16(15(18)10-13)19-14-6-4-5-12(3)9-14/h4-11,19H,18H2,1-3H3. The van der Waals surface area contributed by atoms with Crippen molar-refractivity contribution < 1.29 is 9.53 Å². The zero-order valence-electron chi connectivity index (χ0n) is 12.5. The number of carbonyl (C=O) groups is 1. The second-order valence-electron chi connectivity index (χ2n) is 5.25. The molecule has 0 aliphatic rings. The maximum absolute atomic E-state index is 11.8. The van der Waals surface area contributed by atoms with Gasteiger partial charge in [0.1, 0.15) is 0 Å². The predicted octanol–water partition coefficient (Wildman–Crippen LogP) is 3.89. The molecule has 0 unspecified atom stereocenters. The lowest BCUT2D eigenvalue weighted by Crippen LogP contribution is -2.12. The van der Waals surface area contributed by atoms with Gasteiger partial charge in [-0.05, 0) is 56.7 Å². The van der Waals surface area contributed by atoms with Gasteiger partial charge in [-0.2, -0.15) is 0 Å². The van der Waals surface area contributed by atoms with Crippen molar-refractivity contribution in [2.45, 2.75) is 26.9 Å². The summed E-state index contributed by atoms with van der Waals surface area (Å²) >= 11 is 0. The molecular formula is C17H20N2O2. The number of ether oxygens (including phenoxy) is 1. The van der Waals surface area contributed by atoms with Gasteiger partial charge in [-0.25, -0.2) is 4.79 Å². The molecule has 0 radical (unpaired) electrons. The lowest BCUT2D eigenvalue weighted by molar-refractivity contribution is 0.0378. The summed E-state index contributed by atoms with van der Waals surface area (Å²) < 4.78 is 5.15. The van der Waals surface area contributed by atoms with E-state index in [1.165, 1.54) is 0 Å². The minimum absolute atomic E-state index is 0.149. The highest BCUT2D eigenvalue weighted by Gasteiger charge is 2.11. The fraction of sp³-hybridized carbons (Fsp3) is 0.235. The topological polar surface area (TPSA) is 64.3 Å². The van der Waals surface area contributed by atoms with Crippen LogP contribution in [0.2, 0.25) is 0 Å². The number of rotatable bonds is 4. The number of benzene rings is 2. The fourth-order valence-electron chi connectivity index (χ4n) is 1.96. The molecule has 0 aliphatic carbocycles. The van der Waals surface area contributed by atoms with Gasteiger partial charge in [0.25, 0.3) is 0 Å². The third-order valence-electron chi connectivity index (χ3n) is 2.93. The Bertz CT molecular complexity index is 651. The van der Waals surface area contributed by atoms with E-state index in [-0.39, 0.29) is 12.1 Å². The Morgan fingerprint density at radius 2 is 1.95 bits per heavy atom. The quantitative estimate of drug-likeness (QED) is 0.660. The first-order valence-electron chi connectivity index (χ1n) is 6.90. The molecule has 0 atom stereocenters. The average Bonchev–Trinajstić information content (AvgIpc) is 2.40. The molecule has 0 amide bonds. The minimum atomic E-state index is -0.362. The molecule has 0 bridgehead atoms. The van der Waals surface area contributed by atoms with Crippen molar-refractivity contribution in [1.82, 2.24) is 0 Å². The molecule has 0 aromatic heterocycles. The van der Waals surface area contributed by atoms with Crippen molar-refractivity contribution in [3.8, 4) is 0 Å². The first-order valence-corrected chi connectivity index (χ1v) is 6.90. The van der Waals surface area contributed by atoms with Crippen molar-refractivity contribution in [2.24, 2.45) is 0 Å². The number of nitrogens with one attached hydrogen (secondary N) is 1. The number of hydrogen-bond acceptors (Lipinski definition) is 4. The minimum Gasteiger partial charge on any atom is -0.459 e. The molecule has 110 valence electrons. The molecule has 4 heteroatoms. The number of nitrogen functional groups attached to an aromatic ring is 1. The van der Waals surface area contributed by atoms with Crippen LogP contribution in [0.5, 0.6) is 0 Å². The summed E-state index contributed by atoms with van der Waals surface area (Å²) in [6.07, 6.45) is -0.149. The molecule has 0 spiro atoms. The summed E-state index contributed by atoms with van der Waals surface area (Å²) in [6, 6.07) is 13.1. The lowest BCUT2D eigenvalue weighted by Gasteiger charge is -2.12. The maximum Gasteiger partial charge on any atom is 0.338 e. The van der Waals surface area contributed by atoms with Crippen LogP contribution in [0.15, 0.2) is 42.5 Å². The highest BCUT2D eigenvalue weighted by atomic mass is 16.5. The number of esters is 1. The highest BCUT2D eigenvalue weighted by Crippen LogP contribution is 2.25. The summed E-state index contributed by atoms with van der Waals surface area (Å²) in [5, 5.41) is 3.24. The number of nitrogens with two attached hydrogens (primary N) is 1. The van der Waals surface area contributed by atoms with E-state index >= 15 is 0 Å². The summed E-state index contributed by atoms with van der Waals surface area (Å²) in [7, 11) is 0. The van der Waals surface area contributed by atoms with Crippen LogP contribution >= 0.6 is 0 Å². The zero-order chi connectivity index (χ0) is 15.4. The van der Waals surface area contributed by atoms with E-state index < -0.39 is 0 Å². The van der Waals surface area contributed by atoms with Gasteiger partial charge in [0, 0.05) is 5.69 Å². The van der Waals surface area contributed by atoms with Crippen LogP contribution in [0.1, 0.15) is 29.8 Å². The number of hydrogen-bond donors (Lipinski definition) is 2. The SMILES string of the molecule is Cc1cccc(Nc2ccc(C(=O)OC(C)C)cc2N)c1. The molecule has 2 rings (SSSR count). The van der Waals surface area contributed by atoms with Gasteiger partial charge in [-0.3, -0.25) is 0 Å². The molecule has 2 aromatic carbocycles. The predicted molar refractivity (Wildman–Crippen MR) is 85.9 cm³/mol. The van der Waals surface area contributed by atoms with Crippen LogP contribution in [-0.2, 0) is 4.74 Å². The Morgan fingerprint density at radius 3 is 2.57 bits per heavy atom. The molecule has 21 heavy (non-hydrogen) atoms. The molecule has 3 N–H and O–H groups in total. The first-order chi connectivity index (χ1) is 9.95. The van der Waals surface area contributed by atoms with E-state index in [4.69, 9.17) is 10.5 Å². The van der Waals surface area contributed by atoms with Gasteiger partial charge >= 0.3 is 5.97 Å². The third-order valence-corrected chi connectivity index (χ3v) is 2.93. The monoisotopic (exact) mass is 284 g/mol. The Morgan fingerprint density at radius 1 is 1.19 bits per heavy atom. The molecule has 0 saturated carbocycles. The van der Waals surface area contributed by atoms with Crippen LogP contribution in [0, 0.1) is 6.92 Å². The summed E-state index contributed by atoms with van der Waals surface area (Å²) in [5.41, 5.74) is 9.85. The fourth-order valence-corrected chi connectivity index (χ4v) is 1.96. The zero-order valence-corrected chi connectivity index (χ0v) is 12.5. The summed E-state index contributed by atoms with van der Waals surface area (Å²) in [4.78, 5) is 11.8. The molecule has 0 heterocycles. The van der Waals surface area contributed by atoms with Gasteiger partial charge in [0.15, 0.2) is 0 Å². The Kier molecular flexibility index (Phi) is 4.48. The van der Waals surface area contributed by atoms with Crippen LogP contribution < -0.4 is 11.1 Å².